The molecule has 0 spiro atoms. The molecule has 1 aromatic rings. The van der Waals surface area contributed by atoms with Gasteiger partial charge in [-0.3, -0.25) is 4.99 Å². The molecule has 1 aliphatic rings. The Kier molecular flexibility index (Phi) is 10.1. The number of nitrogens with zero attached hydrogens (tertiary/aromatic N) is 2. The van der Waals surface area contributed by atoms with Crippen LogP contribution in [0.2, 0.25) is 0 Å². The predicted molar refractivity (Wildman–Crippen MR) is 121 cm³/mol. The van der Waals surface area contributed by atoms with Gasteiger partial charge in [0.15, 0.2) is 5.96 Å². The first-order chi connectivity index (χ1) is 13.6. The number of rotatable bonds is 6. The number of guanidine groups is 1. The number of nitrogens with one attached hydrogen (secondary N) is 2. The second-order valence-electron chi connectivity index (χ2n) is 6.92. The number of aliphatic imine (C=N–C) groups is 1. The van der Waals surface area contributed by atoms with Gasteiger partial charge >= 0.3 is 15.5 Å². The SMILES string of the molecule is CN=C(NCc1ccc(C)cc1OC)NCC1CCN(S(=O)(=O)C(F)(F)F)CC1.I. The molecule has 1 saturated heterocycles. The topological polar surface area (TPSA) is 83.0 Å². The summed E-state index contributed by atoms with van der Waals surface area (Å²) in [5.74, 6) is 1.38. The van der Waals surface area contributed by atoms with Crippen LogP contribution in [0.25, 0.3) is 0 Å². The molecule has 172 valence electrons. The first kappa shape index (κ1) is 26.8. The summed E-state index contributed by atoms with van der Waals surface area (Å²) in [6.45, 7) is 2.68. The monoisotopic (exact) mass is 564 g/mol. The number of ether oxygens (including phenoxy) is 1. The lowest BCUT2D eigenvalue weighted by atomic mass is 9.98. The Morgan fingerprint density at radius 2 is 1.90 bits per heavy atom. The zero-order valence-electron chi connectivity index (χ0n) is 17.1. The van der Waals surface area contributed by atoms with Gasteiger partial charge in [0, 0.05) is 38.8 Å². The normalized spacial score (nSPS) is 16.7. The quantitative estimate of drug-likeness (QED) is 0.316. The zero-order chi connectivity index (χ0) is 21.7. The Hall–Kier alpha value is -1.28. The van der Waals surface area contributed by atoms with Gasteiger partial charge in [-0.1, -0.05) is 12.1 Å². The van der Waals surface area contributed by atoms with Crippen molar-refractivity contribution in [3.8, 4) is 5.75 Å². The van der Waals surface area contributed by atoms with Crippen molar-refractivity contribution < 1.29 is 26.3 Å². The van der Waals surface area contributed by atoms with Crippen molar-refractivity contribution in [2.24, 2.45) is 10.9 Å². The van der Waals surface area contributed by atoms with E-state index in [1.807, 2.05) is 25.1 Å². The number of methoxy groups -OCH3 is 1. The molecule has 0 aliphatic carbocycles. The van der Waals surface area contributed by atoms with Gasteiger partial charge in [-0.15, -0.1) is 24.0 Å². The summed E-state index contributed by atoms with van der Waals surface area (Å²) in [7, 11) is -2.01. The number of hydrogen-bond donors (Lipinski definition) is 2. The van der Waals surface area contributed by atoms with Crippen LogP contribution in [-0.2, 0) is 16.6 Å². The number of piperidine rings is 1. The summed E-state index contributed by atoms with van der Waals surface area (Å²) in [4.78, 5) is 4.15. The van der Waals surface area contributed by atoms with Gasteiger partial charge in [0.2, 0.25) is 0 Å². The molecule has 0 atom stereocenters. The molecule has 2 rings (SSSR count). The van der Waals surface area contributed by atoms with E-state index in [1.165, 1.54) is 0 Å². The van der Waals surface area contributed by atoms with Gasteiger partial charge in [-0.2, -0.15) is 17.5 Å². The van der Waals surface area contributed by atoms with E-state index in [9.17, 15) is 21.6 Å². The fraction of sp³-hybridized carbons (Fsp3) is 0.611. The first-order valence-corrected chi connectivity index (χ1v) is 10.7. The van der Waals surface area contributed by atoms with Gasteiger partial charge in [0.1, 0.15) is 5.75 Å². The minimum atomic E-state index is -5.25. The highest BCUT2D eigenvalue weighted by Crippen LogP contribution is 2.30. The van der Waals surface area contributed by atoms with Gasteiger partial charge in [-0.05, 0) is 37.3 Å². The number of aryl methyl sites for hydroxylation is 1. The third-order valence-electron chi connectivity index (χ3n) is 4.88. The van der Waals surface area contributed by atoms with Gasteiger partial charge in [-0.25, -0.2) is 8.42 Å². The second-order valence-corrected chi connectivity index (χ2v) is 8.84. The lowest BCUT2D eigenvalue weighted by Gasteiger charge is -2.31. The molecule has 0 radical (unpaired) electrons. The molecular weight excluding hydrogens is 536 g/mol. The maximum Gasteiger partial charge on any atom is 0.511 e. The van der Waals surface area contributed by atoms with Crippen molar-refractivity contribution in [1.29, 1.82) is 0 Å². The van der Waals surface area contributed by atoms with Crippen LogP contribution >= 0.6 is 24.0 Å². The van der Waals surface area contributed by atoms with Gasteiger partial charge < -0.3 is 15.4 Å². The minimum absolute atomic E-state index is 0. The third kappa shape index (κ3) is 6.87. The highest BCUT2D eigenvalue weighted by Gasteiger charge is 2.50. The van der Waals surface area contributed by atoms with E-state index in [-0.39, 0.29) is 43.0 Å². The zero-order valence-corrected chi connectivity index (χ0v) is 20.3. The Bertz CT molecular complexity index is 826. The summed E-state index contributed by atoms with van der Waals surface area (Å²) >= 11 is 0. The molecule has 1 aliphatic heterocycles. The minimum Gasteiger partial charge on any atom is -0.496 e. The summed E-state index contributed by atoms with van der Waals surface area (Å²) in [6, 6.07) is 5.89. The highest BCUT2D eigenvalue weighted by molar-refractivity contribution is 14.0. The summed E-state index contributed by atoms with van der Waals surface area (Å²) < 4.78 is 66.7. The fourth-order valence-corrected chi connectivity index (χ4v) is 4.12. The maximum absolute atomic E-state index is 12.6. The summed E-state index contributed by atoms with van der Waals surface area (Å²) in [6.07, 6.45) is 0.705. The van der Waals surface area contributed by atoms with E-state index in [4.69, 9.17) is 4.74 Å². The lowest BCUT2D eigenvalue weighted by molar-refractivity contribution is -0.0496. The Morgan fingerprint density at radius 3 is 2.43 bits per heavy atom. The lowest BCUT2D eigenvalue weighted by Crippen LogP contribution is -2.47. The van der Waals surface area contributed by atoms with Crippen molar-refractivity contribution in [1.82, 2.24) is 14.9 Å². The molecule has 0 saturated carbocycles. The van der Waals surface area contributed by atoms with Crippen molar-refractivity contribution in [3.63, 3.8) is 0 Å². The molecule has 2 N–H and O–H groups in total. The van der Waals surface area contributed by atoms with E-state index in [2.05, 4.69) is 15.6 Å². The molecular formula is C18H28F3IN4O3S. The van der Waals surface area contributed by atoms with Gasteiger partial charge in [0.05, 0.1) is 7.11 Å². The van der Waals surface area contributed by atoms with Crippen LogP contribution in [0.4, 0.5) is 13.2 Å². The Morgan fingerprint density at radius 1 is 1.27 bits per heavy atom. The molecule has 1 aromatic carbocycles. The average molecular weight is 564 g/mol. The van der Waals surface area contributed by atoms with Crippen LogP contribution in [-0.4, -0.2) is 58.0 Å². The Balaban J connectivity index is 0.00000450. The molecule has 0 aromatic heterocycles. The fourth-order valence-electron chi connectivity index (χ4n) is 3.14. The smallest absolute Gasteiger partial charge is 0.496 e. The molecule has 30 heavy (non-hydrogen) atoms. The predicted octanol–water partition coefficient (Wildman–Crippen LogP) is 2.85. The summed E-state index contributed by atoms with van der Waals surface area (Å²) in [5.41, 5.74) is -3.19. The van der Waals surface area contributed by atoms with E-state index < -0.39 is 15.5 Å². The molecule has 0 amide bonds. The van der Waals surface area contributed by atoms with E-state index in [0.717, 1.165) is 16.9 Å². The first-order valence-electron chi connectivity index (χ1n) is 9.23. The van der Waals surface area contributed by atoms with Crippen molar-refractivity contribution in [2.75, 3.05) is 33.8 Å². The summed E-state index contributed by atoms with van der Waals surface area (Å²) in [5, 5.41) is 6.33. The Labute approximate surface area is 192 Å². The number of alkyl halides is 3. The third-order valence-corrected chi connectivity index (χ3v) is 6.51. The van der Waals surface area contributed by atoms with Crippen molar-refractivity contribution >= 4 is 40.0 Å². The number of sulfonamides is 1. The van der Waals surface area contributed by atoms with E-state index in [0.29, 0.717) is 36.2 Å². The molecule has 0 bridgehead atoms. The second kappa shape index (κ2) is 11.4. The van der Waals surface area contributed by atoms with E-state index in [1.54, 1.807) is 14.2 Å². The van der Waals surface area contributed by atoms with Gasteiger partial charge in [0.25, 0.3) is 0 Å². The average Bonchev–Trinajstić information content (AvgIpc) is 2.68. The number of hydrogen-bond acceptors (Lipinski definition) is 4. The molecule has 0 unspecified atom stereocenters. The van der Waals surface area contributed by atoms with Crippen LogP contribution < -0.4 is 15.4 Å². The molecule has 12 heteroatoms. The maximum atomic E-state index is 12.6. The largest absolute Gasteiger partial charge is 0.511 e. The standard InChI is InChI=1S/C18H27F3N4O3S.HI/c1-13-4-5-15(16(10-13)28-3)12-24-17(22-2)23-11-14-6-8-25(9-7-14)29(26,27)18(19,20)21;/h4-5,10,14H,6-9,11-12H2,1-3H3,(H2,22,23,24);1H. The van der Waals surface area contributed by atoms with Crippen molar-refractivity contribution in [2.45, 2.75) is 31.8 Å². The van der Waals surface area contributed by atoms with E-state index >= 15 is 0 Å². The van der Waals surface area contributed by atoms with Crippen LogP contribution in [0.1, 0.15) is 24.0 Å². The number of halogens is 4. The van der Waals surface area contributed by atoms with Crippen LogP contribution in [0.3, 0.4) is 0 Å². The van der Waals surface area contributed by atoms with Crippen LogP contribution in [0.15, 0.2) is 23.2 Å². The van der Waals surface area contributed by atoms with Crippen LogP contribution in [0.5, 0.6) is 5.75 Å². The molecule has 1 fully saturated rings. The number of benzene rings is 1. The highest BCUT2D eigenvalue weighted by atomic mass is 127. The molecule has 1 heterocycles. The molecule has 7 nitrogen and oxygen atoms in total. The van der Waals surface area contributed by atoms with Crippen molar-refractivity contribution in [3.05, 3.63) is 29.3 Å². The van der Waals surface area contributed by atoms with Crippen LogP contribution in [0, 0.1) is 12.8 Å².